The van der Waals surface area contributed by atoms with Crippen LogP contribution in [0.1, 0.15) is 21.6 Å². The Morgan fingerprint density at radius 2 is 1.82 bits per heavy atom. The van der Waals surface area contributed by atoms with Crippen molar-refractivity contribution in [2.75, 3.05) is 5.32 Å². The van der Waals surface area contributed by atoms with E-state index in [2.05, 4.69) is 15.6 Å². The quantitative estimate of drug-likeness (QED) is 0.473. The Bertz CT molecular complexity index is 1120. The first kappa shape index (κ1) is 18.1. The van der Waals surface area contributed by atoms with Crippen LogP contribution in [0.3, 0.4) is 0 Å². The van der Waals surface area contributed by atoms with Crippen molar-refractivity contribution in [3.63, 3.8) is 0 Å². The van der Waals surface area contributed by atoms with Gasteiger partial charge in [-0.05, 0) is 42.8 Å². The molecule has 0 spiro atoms. The Labute approximate surface area is 167 Å². The Hall–Kier alpha value is -3.31. The number of nitrogens with zero attached hydrogens (tertiary/aromatic N) is 1. The van der Waals surface area contributed by atoms with E-state index in [1.165, 1.54) is 5.56 Å². The normalized spacial score (nSPS) is 10.8. The number of halogens is 1. The molecule has 28 heavy (non-hydrogen) atoms. The van der Waals surface area contributed by atoms with Gasteiger partial charge in [0.15, 0.2) is 0 Å². The first-order chi connectivity index (χ1) is 13.6. The van der Waals surface area contributed by atoms with Crippen LogP contribution in [0.4, 0.5) is 11.5 Å². The van der Waals surface area contributed by atoms with Crippen molar-refractivity contribution < 1.29 is 9.21 Å². The van der Waals surface area contributed by atoms with Crippen LogP contribution in [0.5, 0.6) is 0 Å². The van der Waals surface area contributed by atoms with E-state index in [-0.39, 0.29) is 11.6 Å². The maximum atomic E-state index is 12.6. The number of fused-ring (bicyclic) bond motifs is 1. The van der Waals surface area contributed by atoms with Crippen LogP contribution in [0.2, 0.25) is 5.02 Å². The molecular weight excluding hydrogens is 374 g/mol. The summed E-state index contributed by atoms with van der Waals surface area (Å²) in [5.74, 6) is 0.284. The maximum absolute atomic E-state index is 12.6. The van der Waals surface area contributed by atoms with Crippen molar-refractivity contribution in [1.82, 2.24) is 10.3 Å². The first-order valence-corrected chi connectivity index (χ1v) is 9.21. The molecule has 0 radical (unpaired) electrons. The summed E-state index contributed by atoms with van der Waals surface area (Å²) < 4.78 is 5.50. The fourth-order valence-corrected chi connectivity index (χ4v) is 2.95. The fraction of sp³-hybridized carbons (Fsp3) is 0.0909. The largest absolute Gasteiger partial charge is 0.464 e. The number of nitrogens with one attached hydrogen (secondary N) is 2. The summed E-state index contributed by atoms with van der Waals surface area (Å²) in [6, 6.07) is 18.7. The van der Waals surface area contributed by atoms with Crippen molar-refractivity contribution in [2.24, 2.45) is 0 Å². The number of pyridine rings is 1. The van der Waals surface area contributed by atoms with Gasteiger partial charge in [-0.25, -0.2) is 4.98 Å². The Morgan fingerprint density at radius 1 is 1.07 bits per heavy atom. The zero-order chi connectivity index (χ0) is 19.5. The highest BCUT2D eigenvalue weighted by Gasteiger charge is 2.14. The first-order valence-electron chi connectivity index (χ1n) is 8.83. The molecule has 0 atom stereocenters. The van der Waals surface area contributed by atoms with Crippen LogP contribution in [0.15, 0.2) is 71.3 Å². The predicted molar refractivity (Wildman–Crippen MR) is 111 cm³/mol. The summed E-state index contributed by atoms with van der Waals surface area (Å²) in [6.45, 7) is 2.46. The number of carbonyl (C=O) groups excluding carboxylic acids is 1. The number of amides is 1. The van der Waals surface area contributed by atoms with E-state index in [9.17, 15) is 4.79 Å². The fourth-order valence-electron chi connectivity index (χ4n) is 2.83. The van der Waals surface area contributed by atoms with E-state index >= 15 is 0 Å². The molecule has 1 amide bonds. The van der Waals surface area contributed by atoms with Crippen molar-refractivity contribution >= 4 is 40.0 Å². The number of anilines is 2. The number of rotatable bonds is 5. The summed E-state index contributed by atoms with van der Waals surface area (Å²) in [7, 11) is 0. The third-order valence-electron chi connectivity index (χ3n) is 4.36. The van der Waals surface area contributed by atoms with E-state index in [4.69, 9.17) is 16.0 Å². The zero-order valence-corrected chi connectivity index (χ0v) is 16.0. The van der Waals surface area contributed by atoms with Crippen molar-refractivity contribution in [2.45, 2.75) is 13.5 Å². The molecule has 0 fully saturated rings. The molecule has 0 bridgehead atoms. The molecule has 4 rings (SSSR count). The number of hydrogen-bond donors (Lipinski definition) is 2. The van der Waals surface area contributed by atoms with Gasteiger partial charge in [-0.1, -0.05) is 41.4 Å². The second-order valence-corrected chi connectivity index (χ2v) is 6.93. The minimum absolute atomic E-state index is 0.266. The highest BCUT2D eigenvalue weighted by Crippen LogP contribution is 2.27. The lowest BCUT2D eigenvalue weighted by atomic mass is 10.1. The molecule has 0 aliphatic carbocycles. The smallest absolute Gasteiger partial charge is 0.270 e. The van der Waals surface area contributed by atoms with E-state index in [1.54, 1.807) is 24.5 Å². The second-order valence-electron chi connectivity index (χ2n) is 6.49. The van der Waals surface area contributed by atoms with Gasteiger partial charge in [-0.15, -0.1) is 0 Å². The van der Waals surface area contributed by atoms with Gasteiger partial charge >= 0.3 is 0 Å². The molecule has 4 aromatic rings. The third kappa shape index (κ3) is 4.00. The predicted octanol–water partition coefficient (Wildman–Crippen LogP) is 5.46. The number of furan rings is 1. The standard InChI is InChI=1S/C22H18ClN3O2/c1-14-2-4-15(5-3-14)13-24-22(27)19-12-20-18(10-11-28-20)21(26-19)25-17-8-6-16(23)7-9-17/h2-12H,13H2,1H3,(H,24,27)(H,25,26). The average molecular weight is 392 g/mol. The SMILES string of the molecule is Cc1ccc(CNC(=O)c2cc3occc3c(Nc3ccc(Cl)cc3)n2)cc1. The molecule has 0 saturated heterocycles. The molecule has 0 aliphatic heterocycles. The molecule has 0 aliphatic rings. The molecule has 6 heteroatoms. The molecule has 2 N–H and O–H groups in total. The van der Waals surface area contributed by atoms with Crippen LogP contribution in [-0.4, -0.2) is 10.9 Å². The minimum Gasteiger partial charge on any atom is -0.464 e. The van der Waals surface area contributed by atoms with Crippen LogP contribution in [-0.2, 0) is 6.54 Å². The lowest BCUT2D eigenvalue weighted by Gasteiger charge is -2.10. The molecule has 0 unspecified atom stereocenters. The zero-order valence-electron chi connectivity index (χ0n) is 15.2. The monoisotopic (exact) mass is 391 g/mol. The van der Waals surface area contributed by atoms with Crippen molar-refractivity contribution in [3.8, 4) is 0 Å². The summed E-state index contributed by atoms with van der Waals surface area (Å²) in [5.41, 5.74) is 3.89. The summed E-state index contributed by atoms with van der Waals surface area (Å²) in [6.07, 6.45) is 1.58. The number of aryl methyl sites for hydroxylation is 1. The van der Waals surface area contributed by atoms with E-state index in [0.29, 0.717) is 23.0 Å². The molecule has 2 heterocycles. The van der Waals surface area contributed by atoms with E-state index in [0.717, 1.165) is 16.6 Å². The summed E-state index contributed by atoms with van der Waals surface area (Å²) in [5, 5.41) is 7.57. The van der Waals surface area contributed by atoms with E-state index < -0.39 is 0 Å². The van der Waals surface area contributed by atoms with Gasteiger partial charge in [0.1, 0.15) is 17.1 Å². The van der Waals surface area contributed by atoms with Crippen LogP contribution in [0.25, 0.3) is 11.0 Å². The highest BCUT2D eigenvalue weighted by atomic mass is 35.5. The van der Waals surface area contributed by atoms with Gasteiger partial charge in [0.25, 0.3) is 5.91 Å². The number of benzene rings is 2. The Kier molecular flexibility index (Phi) is 5.00. The summed E-state index contributed by atoms with van der Waals surface area (Å²) in [4.78, 5) is 17.1. The molecule has 2 aromatic carbocycles. The van der Waals surface area contributed by atoms with Gasteiger partial charge in [-0.2, -0.15) is 0 Å². The third-order valence-corrected chi connectivity index (χ3v) is 4.62. The number of carbonyl (C=O) groups is 1. The van der Waals surface area contributed by atoms with E-state index in [1.807, 2.05) is 49.4 Å². The minimum atomic E-state index is -0.266. The molecule has 140 valence electrons. The van der Waals surface area contributed by atoms with Crippen LogP contribution in [0, 0.1) is 6.92 Å². The van der Waals surface area contributed by atoms with Gasteiger partial charge in [0.2, 0.25) is 0 Å². The molecule has 0 saturated carbocycles. The Balaban J connectivity index is 1.57. The lowest BCUT2D eigenvalue weighted by Crippen LogP contribution is -2.24. The molecular formula is C22H18ClN3O2. The van der Waals surface area contributed by atoms with Gasteiger partial charge in [-0.3, -0.25) is 4.79 Å². The number of hydrogen-bond acceptors (Lipinski definition) is 4. The topological polar surface area (TPSA) is 67.2 Å². The van der Waals surface area contributed by atoms with Crippen molar-refractivity contribution in [3.05, 3.63) is 88.8 Å². The van der Waals surface area contributed by atoms with Crippen LogP contribution >= 0.6 is 11.6 Å². The van der Waals surface area contributed by atoms with Gasteiger partial charge in [0.05, 0.1) is 11.6 Å². The number of aromatic nitrogens is 1. The van der Waals surface area contributed by atoms with Crippen molar-refractivity contribution in [1.29, 1.82) is 0 Å². The Morgan fingerprint density at radius 3 is 2.57 bits per heavy atom. The van der Waals surface area contributed by atoms with Gasteiger partial charge in [0, 0.05) is 23.3 Å². The second kappa shape index (κ2) is 7.74. The van der Waals surface area contributed by atoms with Gasteiger partial charge < -0.3 is 15.1 Å². The summed E-state index contributed by atoms with van der Waals surface area (Å²) >= 11 is 5.94. The molecule has 5 nitrogen and oxygen atoms in total. The molecule has 2 aromatic heterocycles. The maximum Gasteiger partial charge on any atom is 0.270 e. The van der Waals surface area contributed by atoms with Crippen LogP contribution < -0.4 is 10.6 Å². The highest BCUT2D eigenvalue weighted by molar-refractivity contribution is 6.30. The lowest BCUT2D eigenvalue weighted by molar-refractivity contribution is 0.0946. The average Bonchev–Trinajstić information content (AvgIpc) is 3.18.